The molecule has 0 bridgehead atoms. The Kier molecular flexibility index (Phi) is 4.60. The highest BCUT2D eigenvalue weighted by Crippen LogP contribution is 2.60. The first-order valence-electron chi connectivity index (χ1n) is 11.8. The molecule has 1 aliphatic heterocycles. The summed E-state index contributed by atoms with van der Waals surface area (Å²) >= 11 is 0. The molecule has 2 aromatic carbocycles. The van der Waals surface area contributed by atoms with Crippen LogP contribution in [0.1, 0.15) is 61.6 Å². The van der Waals surface area contributed by atoms with Crippen LogP contribution in [0.5, 0.6) is 5.75 Å². The third-order valence-electron chi connectivity index (χ3n) is 8.65. The van der Waals surface area contributed by atoms with Crippen molar-refractivity contribution in [2.24, 2.45) is 17.3 Å². The predicted octanol–water partition coefficient (Wildman–Crippen LogP) is 4.25. The number of hydrogen-bond donors (Lipinski definition) is 0. The highest BCUT2D eigenvalue weighted by atomic mass is 32.3. The molecular formula is C25H27NO6S2. The second-order valence-corrected chi connectivity index (χ2v) is 13.8. The lowest BCUT2D eigenvalue weighted by molar-refractivity contribution is -0.129. The summed E-state index contributed by atoms with van der Waals surface area (Å²) in [5.41, 5.74) is 2.67. The standard InChI is InChI=1S/C25H27NO6S2/c1-15-3-6-17(7-4-15)33(28,29)26-22-14-20-16(13-23(22)32-34(26,30)31)5-8-19-18(20)11-12-25(2)21(19)9-10-24(25)27/h3-4,6-7,13-14,18-19,21H,5,8-12H2,1-2H3/t18?,19?,21?,25-/m0/s1. The molecule has 4 atom stereocenters. The Morgan fingerprint density at radius 3 is 2.53 bits per heavy atom. The number of benzene rings is 2. The van der Waals surface area contributed by atoms with E-state index in [1.54, 1.807) is 24.3 Å². The van der Waals surface area contributed by atoms with Crippen molar-refractivity contribution in [2.45, 2.75) is 63.2 Å². The molecule has 0 aromatic heterocycles. The molecule has 4 aliphatic rings. The summed E-state index contributed by atoms with van der Waals surface area (Å²) < 4.78 is 58.4. The van der Waals surface area contributed by atoms with Crippen LogP contribution in [-0.2, 0) is 31.5 Å². The average Bonchev–Trinajstić information content (AvgIpc) is 3.23. The van der Waals surface area contributed by atoms with Crippen molar-refractivity contribution in [3.8, 4) is 5.75 Å². The maximum absolute atomic E-state index is 13.4. The minimum Gasteiger partial charge on any atom is -0.364 e. The number of carbonyl (C=O) groups is 1. The van der Waals surface area contributed by atoms with Gasteiger partial charge in [0.15, 0.2) is 5.75 Å². The molecule has 2 fully saturated rings. The third-order valence-corrected chi connectivity index (χ3v) is 12.3. The summed E-state index contributed by atoms with van der Waals surface area (Å²) in [5, 5.41) is 0. The van der Waals surface area contributed by atoms with Gasteiger partial charge in [-0.05, 0) is 92.2 Å². The largest absolute Gasteiger partial charge is 0.423 e. The zero-order chi connectivity index (χ0) is 24.0. The van der Waals surface area contributed by atoms with Gasteiger partial charge in [0.25, 0.3) is 10.0 Å². The molecule has 34 heavy (non-hydrogen) atoms. The topological polar surface area (TPSA) is 97.8 Å². The first-order chi connectivity index (χ1) is 16.0. The van der Waals surface area contributed by atoms with Gasteiger partial charge in [0.1, 0.15) is 11.5 Å². The fourth-order valence-electron chi connectivity index (χ4n) is 6.89. The molecule has 6 rings (SSSR count). The van der Waals surface area contributed by atoms with Gasteiger partial charge in [-0.2, -0.15) is 16.8 Å². The second kappa shape index (κ2) is 7.07. The van der Waals surface area contributed by atoms with Crippen molar-refractivity contribution < 1.29 is 25.8 Å². The van der Waals surface area contributed by atoms with E-state index in [9.17, 15) is 21.6 Å². The smallest absolute Gasteiger partial charge is 0.364 e. The van der Waals surface area contributed by atoms with E-state index in [1.807, 2.05) is 6.92 Å². The Balaban J connectivity index is 1.45. The Morgan fingerprint density at radius 1 is 1.06 bits per heavy atom. The molecule has 0 spiro atoms. The van der Waals surface area contributed by atoms with E-state index in [1.165, 1.54) is 12.1 Å². The predicted molar refractivity (Wildman–Crippen MR) is 126 cm³/mol. The van der Waals surface area contributed by atoms with Crippen LogP contribution in [0.3, 0.4) is 0 Å². The van der Waals surface area contributed by atoms with Crippen LogP contribution >= 0.6 is 0 Å². The van der Waals surface area contributed by atoms with E-state index >= 15 is 0 Å². The summed E-state index contributed by atoms with van der Waals surface area (Å²) in [6.07, 6.45) is 4.90. The normalized spacial score (nSPS) is 31.3. The van der Waals surface area contributed by atoms with Crippen LogP contribution in [0.2, 0.25) is 0 Å². The minimum atomic E-state index is -4.55. The van der Waals surface area contributed by atoms with Gasteiger partial charge in [0, 0.05) is 11.8 Å². The molecule has 0 radical (unpaired) electrons. The van der Waals surface area contributed by atoms with Crippen molar-refractivity contribution in [3.63, 3.8) is 0 Å². The summed E-state index contributed by atoms with van der Waals surface area (Å²) in [7, 11) is -8.94. The van der Waals surface area contributed by atoms with Crippen LogP contribution in [0.4, 0.5) is 5.69 Å². The minimum absolute atomic E-state index is 0.0517. The molecule has 0 N–H and O–H groups in total. The summed E-state index contributed by atoms with van der Waals surface area (Å²) in [4.78, 5) is 12.5. The van der Waals surface area contributed by atoms with Gasteiger partial charge >= 0.3 is 10.3 Å². The molecule has 9 heteroatoms. The van der Waals surface area contributed by atoms with Gasteiger partial charge in [-0.25, -0.2) is 0 Å². The van der Waals surface area contributed by atoms with Crippen LogP contribution in [0, 0.1) is 24.2 Å². The fraction of sp³-hybridized carbons (Fsp3) is 0.480. The van der Waals surface area contributed by atoms with E-state index in [2.05, 4.69) is 6.92 Å². The lowest BCUT2D eigenvalue weighted by Crippen LogP contribution is -2.42. The Bertz CT molecular complexity index is 1430. The number of sulfonamides is 1. The molecule has 0 saturated heterocycles. The van der Waals surface area contributed by atoms with E-state index in [-0.39, 0.29) is 27.7 Å². The molecule has 180 valence electrons. The quantitative estimate of drug-likeness (QED) is 0.610. The summed E-state index contributed by atoms with van der Waals surface area (Å²) in [6.45, 7) is 3.94. The number of anilines is 1. The lowest BCUT2D eigenvalue weighted by Gasteiger charge is -2.48. The van der Waals surface area contributed by atoms with Crippen LogP contribution in [0.25, 0.3) is 0 Å². The number of aryl methyl sites for hydroxylation is 2. The van der Waals surface area contributed by atoms with Crippen molar-refractivity contribution in [1.82, 2.24) is 0 Å². The Labute approximate surface area is 200 Å². The zero-order valence-corrected chi connectivity index (χ0v) is 20.8. The average molecular weight is 502 g/mol. The monoisotopic (exact) mass is 501 g/mol. The van der Waals surface area contributed by atoms with Gasteiger partial charge in [-0.15, -0.1) is 3.71 Å². The lowest BCUT2D eigenvalue weighted by atomic mass is 9.55. The van der Waals surface area contributed by atoms with Crippen LogP contribution in [0.15, 0.2) is 41.3 Å². The molecule has 1 heterocycles. The van der Waals surface area contributed by atoms with E-state index < -0.39 is 20.3 Å². The number of nitrogens with zero attached hydrogens (tertiary/aromatic N) is 1. The molecule has 7 nitrogen and oxygen atoms in total. The Hall–Kier alpha value is -2.39. The third kappa shape index (κ3) is 2.95. The summed E-state index contributed by atoms with van der Waals surface area (Å²) in [6, 6.07) is 9.51. The highest BCUT2D eigenvalue weighted by Gasteiger charge is 2.55. The zero-order valence-electron chi connectivity index (χ0n) is 19.2. The maximum Gasteiger partial charge on any atom is 0.423 e. The number of carbonyl (C=O) groups excluding carboxylic acids is 1. The number of rotatable bonds is 2. The maximum atomic E-state index is 13.4. The van der Waals surface area contributed by atoms with Crippen molar-refractivity contribution >= 4 is 31.8 Å². The van der Waals surface area contributed by atoms with Gasteiger partial charge in [0.05, 0.1) is 4.90 Å². The van der Waals surface area contributed by atoms with E-state index in [4.69, 9.17) is 4.18 Å². The highest BCUT2D eigenvalue weighted by molar-refractivity contribution is 8.08. The van der Waals surface area contributed by atoms with Crippen LogP contribution in [-0.4, -0.2) is 22.6 Å². The van der Waals surface area contributed by atoms with Crippen molar-refractivity contribution in [1.29, 1.82) is 0 Å². The number of ketones is 1. The summed E-state index contributed by atoms with van der Waals surface area (Å²) in [5.74, 6) is 1.28. The molecular weight excluding hydrogens is 474 g/mol. The molecule has 3 aliphatic carbocycles. The molecule has 2 saturated carbocycles. The van der Waals surface area contributed by atoms with Gasteiger partial charge < -0.3 is 4.18 Å². The number of hydrogen-bond acceptors (Lipinski definition) is 6. The van der Waals surface area contributed by atoms with Gasteiger partial charge in [0.2, 0.25) is 0 Å². The van der Waals surface area contributed by atoms with Gasteiger partial charge in [-0.1, -0.05) is 24.6 Å². The second-order valence-electron chi connectivity index (χ2n) is 10.4. The fourth-order valence-corrected chi connectivity index (χ4v) is 10.1. The van der Waals surface area contributed by atoms with E-state index in [0.29, 0.717) is 27.8 Å². The van der Waals surface area contributed by atoms with Crippen LogP contribution < -0.4 is 7.89 Å². The van der Waals surface area contributed by atoms with E-state index in [0.717, 1.165) is 48.8 Å². The van der Waals surface area contributed by atoms with Crippen molar-refractivity contribution in [2.75, 3.05) is 3.71 Å². The van der Waals surface area contributed by atoms with Crippen molar-refractivity contribution in [3.05, 3.63) is 53.1 Å². The number of fused-ring (bicyclic) bond motifs is 6. The molecule has 0 amide bonds. The SMILES string of the molecule is Cc1ccc(S(=O)(=O)N2c3cc4c(cc3OS2(=O)=O)CCC2C4CC[C@]3(C)C(=O)CCC23)cc1. The molecule has 3 unspecified atom stereocenters. The number of Topliss-reactive ketones (excluding diaryl/α,β-unsaturated/α-hetero) is 1. The molecule has 2 aromatic rings. The van der Waals surface area contributed by atoms with Gasteiger partial charge in [-0.3, -0.25) is 4.79 Å². The Morgan fingerprint density at radius 2 is 1.79 bits per heavy atom. The first kappa shape index (κ1) is 22.1. The first-order valence-corrected chi connectivity index (χ1v) is 14.6.